The maximum atomic E-state index is 15.7. The standard InChI is InChI=1S/C25H23ClF2N2O4/c1-30-13-25(14-5-3-2-4-6-14)12-16-19(34-25)11-17(27)22(26)20(16)21-15(24(29)32)7-8-18(23(21)28)33-10-9-31/h2-8,11,30-31H,9-10,12-13H2,1H3,(H2,29,32)/t25-/m1/s1. The summed E-state index contributed by atoms with van der Waals surface area (Å²) in [4.78, 5) is 12.2. The van der Waals surface area contributed by atoms with E-state index in [1.54, 1.807) is 7.05 Å². The Balaban J connectivity index is 1.97. The highest BCUT2D eigenvalue weighted by atomic mass is 35.5. The molecular weight excluding hydrogens is 466 g/mol. The number of carbonyl (C=O) groups excluding carboxylic acids is 1. The zero-order chi connectivity index (χ0) is 24.5. The van der Waals surface area contributed by atoms with Crippen LogP contribution in [0.3, 0.4) is 0 Å². The molecule has 0 fully saturated rings. The second-order valence-corrected chi connectivity index (χ2v) is 8.31. The maximum Gasteiger partial charge on any atom is 0.249 e. The van der Waals surface area contributed by atoms with Gasteiger partial charge in [0.05, 0.1) is 17.2 Å². The molecule has 0 saturated heterocycles. The van der Waals surface area contributed by atoms with Gasteiger partial charge < -0.3 is 25.6 Å². The Kier molecular flexibility index (Phi) is 6.74. The molecule has 1 aliphatic rings. The van der Waals surface area contributed by atoms with Crippen LogP contribution < -0.4 is 20.5 Å². The summed E-state index contributed by atoms with van der Waals surface area (Å²) in [6, 6.07) is 13.0. The minimum absolute atomic E-state index is 0.0219. The summed E-state index contributed by atoms with van der Waals surface area (Å²) in [7, 11) is 1.76. The number of hydrogen-bond donors (Lipinski definition) is 3. The van der Waals surface area contributed by atoms with Gasteiger partial charge in [0, 0.05) is 35.7 Å². The number of benzene rings is 3. The third-order valence-electron chi connectivity index (χ3n) is 5.79. The summed E-state index contributed by atoms with van der Waals surface area (Å²) >= 11 is 6.39. The number of likely N-dealkylation sites (N-methyl/N-ethyl adjacent to an activating group) is 1. The molecule has 3 aromatic rings. The third kappa shape index (κ3) is 4.09. The minimum Gasteiger partial charge on any atom is -0.488 e. The van der Waals surface area contributed by atoms with E-state index in [0.717, 1.165) is 11.6 Å². The Morgan fingerprint density at radius 3 is 2.62 bits per heavy atom. The number of aliphatic hydroxyl groups is 1. The summed E-state index contributed by atoms with van der Waals surface area (Å²) in [5, 5.41) is 11.8. The predicted molar refractivity (Wildman–Crippen MR) is 124 cm³/mol. The fourth-order valence-corrected chi connectivity index (χ4v) is 4.63. The van der Waals surface area contributed by atoms with E-state index in [-0.39, 0.29) is 52.8 Å². The Bertz CT molecular complexity index is 1240. The molecule has 34 heavy (non-hydrogen) atoms. The molecule has 0 saturated carbocycles. The van der Waals surface area contributed by atoms with Crippen LogP contribution in [0.2, 0.25) is 5.02 Å². The van der Waals surface area contributed by atoms with E-state index in [0.29, 0.717) is 12.1 Å². The molecule has 0 bridgehead atoms. The first-order chi connectivity index (χ1) is 16.3. The lowest BCUT2D eigenvalue weighted by molar-refractivity contribution is 0.0940. The molecular formula is C25H23ClF2N2O4. The van der Waals surface area contributed by atoms with E-state index >= 15 is 4.39 Å². The van der Waals surface area contributed by atoms with Gasteiger partial charge in [-0.3, -0.25) is 4.79 Å². The van der Waals surface area contributed by atoms with Gasteiger partial charge >= 0.3 is 0 Å². The number of ether oxygens (including phenoxy) is 2. The van der Waals surface area contributed by atoms with Gasteiger partial charge in [-0.25, -0.2) is 8.78 Å². The summed E-state index contributed by atoms with van der Waals surface area (Å²) in [5.74, 6) is -2.73. The van der Waals surface area contributed by atoms with Crippen LogP contribution in [0.25, 0.3) is 11.1 Å². The molecule has 0 spiro atoms. The molecule has 0 aliphatic carbocycles. The van der Waals surface area contributed by atoms with Crippen LogP contribution >= 0.6 is 11.6 Å². The molecule has 6 nitrogen and oxygen atoms in total. The SMILES string of the molecule is CNC[C@@]1(c2ccccc2)Cc2c(cc(F)c(Cl)c2-c2c(C(N)=O)ccc(OCCO)c2F)O1. The first-order valence-corrected chi connectivity index (χ1v) is 11.0. The number of primary amides is 1. The minimum atomic E-state index is -0.940. The lowest BCUT2D eigenvalue weighted by atomic mass is 9.85. The van der Waals surface area contributed by atoms with Crippen LogP contribution in [0.4, 0.5) is 8.78 Å². The second kappa shape index (κ2) is 9.58. The van der Waals surface area contributed by atoms with Crippen LogP contribution in [-0.4, -0.2) is 37.8 Å². The number of hydrogen-bond acceptors (Lipinski definition) is 5. The number of amides is 1. The van der Waals surface area contributed by atoms with Gasteiger partial charge in [0.2, 0.25) is 5.91 Å². The number of aliphatic hydroxyl groups excluding tert-OH is 1. The van der Waals surface area contributed by atoms with Crippen molar-refractivity contribution < 1.29 is 28.2 Å². The first-order valence-electron chi connectivity index (χ1n) is 10.6. The number of halogens is 3. The average Bonchev–Trinajstić information content (AvgIpc) is 3.19. The lowest BCUT2D eigenvalue weighted by Crippen LogP contribution is -2.41. The Morgan fingerprint density at radius 1 is 1.24 bits per heavy atom. The van der Waals surface area contributed by atoms with E-state index in [1.165, 1.54) is 12.1 Å². The van der Waals surface area contributed by atoms with Crippen molar-refractivity contribution in [3.8, 4) is 22.6 Å². The Hall–Kier alpha value is -3.20. The van der Waals surface area contributed by atoms with E-state index in [2.05, 4.69) is 5.32 Å². The van der Waals surface area contributed by atoms with E-state index in [1.807, 2.05) is 30.3 Å². The van der Waals surface area contributed by atoms with Gasteiger partial charge in [-0.1, -0.05) is 41.9 Å². The summed E-state index contributed by atoms with van der Waals surface area (Å²) in [6.45, 7) is -0.154. The van der Waals surface area contributed by atoms with Crippen LogP contribution in [0.1, 0.15) is 21.5 Å². The molecule has 0 unspecified atom stereocenters. The molecule has 1 aliphatic heterocycles. The van der Waals surface area contributed by atoms with Gasteiger partial charge in [0.15, 0.2) is 17.2 Å². The van der Waals surface area contributed by atoms with Crippen molar-refractivity contribution in [1.82, 2.24) is 5.32 Å². The van der Waals surface area contributed by atoms with Crippen LogP contribution in [-0.2, 0) is 12.0 Å². The smallest absolute Gasteiger partial charge is 0.249 e. The summed E-state index contributed by atoms with van der Waals surface area (Å²) < 4.78 is 42.3. The Morgan fingerprint density at radius 2 is 1.97 bits per heavy atom. The highest BCUT2D eigenvalue weighted by Gasteiger charge is 2.43. The normalized spacial score (nSPS) is 16.7. The number of nitrogens with two attached hydrogens (primary N) is 1. The first kappa shape index (κ1) is 23.9. The lowest BCUT2D eigenvalue weighted by Gasteiger charge is -2.29. The van der Waals surface area contributed by atoms with Crippen molar-refractivity contribution in [2.24, 2.45) is 5.73 Å². The number of nitrogens with one attached hydrogen (secondary N) is 1. The van der Waals surface area contributed by atoms with Crippen molar-refractivity contribution in [1.29, 1.82) is 0 Å². The summed E-state index contributed by atoms with van der Waals surface area (Å²) in [6.07, 6.45) is 0.224. The zero-order valence-corrected chi connectivity index (χ0v) is 19.1. The molecule has 1 amide bonds. The van der Waals surface area contributed by atoms with Gasteiger partial charge in [-0.2, -0.15) is 0 Å². The molecule has 178 valence electrons. The fourth-order valence-electron chi connectivity index (χ4n) is 4.36. The predicted octanol–water partition coefficient (Wildman–Crippen LogP) is 3.81. The second-order valence-electron chi connectivity index (χ2n) is 7.93. The summed E-state index contributed by atoms with van der Waals surface area (Å²) in [5.41, 5.74) is 5.40. The van der Waals surface area contributed by atoms with Crippen LogP contribution in [0, 0.1) is 11.6 Å². The van der Waals surface area contributed by atoms with E-state index < -0.39 is 23.1 Å². The highest BCUT2D eigenvalue weighted by molar-refractivity contribution is 6.34. The van der Waals surface area contributed by atoms with Crippen LogP contribution in [0.5, 0.6) is 11.5 Å². The molecule has 9 heteroatoms. The average molecular weight is 489 g/mol. The van der Waals surface area contributed by atoms with Crippen molar-refractivity contribution in [2.75, 3.05) is 26.8 Å². The van der Waals surface area contributed by atoms with E-state index in [4.69, 9.17) is 31.9 Å². The molecule has 4 N–H and O–H groups in total. The van der Waals surface area contributed by atoms with Crippen LogP contribution in [0.15, 0.2) is 48.5 Å². The molecule has 4 rings (SSSR count). The Labute approximate surface area is 200 Å². The van der Waals surface area contributed by atoms with Gasteiger partial charge in [0.1, 0.15) is 18.2 Å². The molecule has 1 atom stereocenters. The zero-order valence-electron chi connectivity index (χ0n) is 18.3. The molecule has 0 aromatic heterocycles. The highest BCUT2D eigenvalue weighted by Crippen LogP contribution is 2.50. The third-order valence-corrected chi connectivity index (χ3v) is 6.16. The van der Waals surface area contributed by atoms with Gasteiger partial charge in [0.25, 0.3) is 0 Å². The molecule has 1 heterocycles. The quantitative estimate of drug-likeness (QED) is 0.448. The van der Waals surface area contributed by atoms with Crippen molar-refractivity contribution >= 4 is 17.5 Å². The fraction of sp³-hybridized carbons (Fsp3) is 0.240. The topological polar surface area (TPSA) is 93.8 Å². The van der Waals surface area contributed by atoms with Gasteiger partial charge in [-0.05, 0) is 24.7 Å². The van der Waals surface area contributed by atoms with Gasteiger partial charge in [-0.15, -0.1) is 0 Å². The van der Waals surface area contributed by atoms with Crippen molar-refractivity contribution in [2.45, 2.75) is 12.0 Å². The number of fused-ring (bicyclic) bond motifs is 1. The largest absolute Gasteiger partial charge is 0.488 e. The van der Waals surface area contributed by atoms with Crippen molar-refractivity contribution in [3.63, 3.8) is 0 Å². The maximum absolute atomic E-state index is 15.7. The molecule has 0 radical (unpaired) electrons. The van der Waals surface area contributed by atoms with E-state index in [9.17, 15) is 9.18 Å². The monoisotopic (exact) mass is 488 g/mol. The number of carbonyl (C=O) groups is 1. The molecule has 3 aromatic carbocycles. The van der Waals surface area contributed by atoms with Crippen molar-refractivity contribution in [3.05, 3.63) is 81.9 Å². The number of rotatable bonds is 8.